The second kappa shape index (κ2) is 7.24. The highest BCUT2D eigenvalue weighted by molar-refractivity contribution is 5.94. The van der Waals surface area contributed by atoms with Gasteiger partial charge in [0.05, 0.1) is 12.1 Å². The molecular formula is C22H22FN5O2. The van der Waals surface area contributed by atoms with Gasteiger partial charge in [0.2, 0.25) is 0 Å². The molecule has 7 nitrogen and oxygen atoms in total. The molecule has 0 N–H and O–H groups in total. The third-order valence-corrected chi connectivity index (χ3v) is 6.46. The summed E-state index contributed by atoms with van der Waals surface area (Å²) in [4.78, 5) is 33.9. The summed E-state index contributed by atoms with van der Waals surface area (Å²) in [5.74, 6) is 0.673. The van der Waals surface area contributed by atoms with Crippen molar-refractivity contribution in [2.45, 2.75) is 31.5 Å². The summed E-state index contributed by atoms with van der Waals surface area (Å²) >= 11 is 0. The minimum Gasteiger partial charge on any atom is -0.355 e. The Bertz CT molecular complexity index is 1110. The van der Waals surface area contributed by atoms with Crippen LogP contribution in [0.3, 0.4) is 0 Å². The van der Waals surface area contributed by atoms with Crippen molar-refractivity contribution in [3.63, 3.8) is 0 Å². The van der Waals surface area contributed by atoms with E-state index in [0.29, 0.717) is 44.0 Å². The van der Waals surface area contributed by atoms with Crippen LogP contribution >= 0.6 is 0 Å². The Morgan fingerprint density at radius 3 is 2.83 bits per heavy atom. The molecule has 3 aliphatic heterocycles. The number of amides is 1. The molecule has 5 heterocycles. The number of carbonyl (C=O) groups excluding carboxylic acids is 1. The van der Waals surface area contributed by atoms with Gasteiger partial charge < -0.3 is 14.4 Å². The Hall–Kier alpha value is -3.21. The number of nitrogens with zero attached hydrogens (tertiary/aromatic N) is 5. The molecule has 0 saturated carbocycles. The molecule has 1 amide bonds. The fourth-order valence-corrected chi connectivity index (χ4v) is 5.09. The lowest BCUT2D eigenvalue weighted by atomic mass is 9.82. The van der Waals surface area contributed by atoms with E-state index in [-0.39, 0.29) is 35.4 Å². The van der Waals surface area contributed by atoms with E-state index in [2.05, 4.69) is 16.0 Å². The van der Waals surface area contributed by atoms with Gasteiger partial charge in [-0.15, -0.1) is 0 Å². The Labute approximate surface area is 173 Å². The Morgan fingerprint density at radius 2 is 2.07 bits per heavy atom. The lowest BCUT2D eigenvalue weighted by molar-refractivity contribution is 0.0779. The molecular weight excluding hydrogens is 385 g/mol. The van der Waals surface area contributed by atoms with Crippen molar-refractivity contribution < 1.29 is 9.18 Å². The van der Waals surface area contributed by atoms with Crippen LogP contribution in [0.2, 0.25) is 0 Å². The summed E-state index contributed by atoms with van der Waals surface area (Å²) in [5.41, 5.74) is 1.31. The minimum atomic E-state index is -1.01. The maximum atomic E-state index is 13.5. The number of pyridine rings is 2. The minimum absolute atomic E-state index is 0.0610. The van der Waals surface area contributed by atoms with Crippen LogP contribution in [0.15, 0.2) is 35.3 Å². The highest BCUT2D eigenvalue weighted by Gasteiger charge is 2.37. The van der Waals surface area contributed by atoms with E-state index < -0.39 is 6.17 Å². The molecule has 0 aliphatic carbocycles. The standard InChI is InChI=1S/C22H22FN5O2/c23-17-5-7-26(13-17)21(29)18-3-4-19-16-8-14(11-28(19)22(18)30)10-27(12-16)20-15(9-24)2-1-6-25-20/h1-4,6,14,16-17H,5,7-8,10-13H2/t14-,16+,17-/m0/s1. The van der Waals surface area contributed by atoms with Gasteiger partial charge in [-0.3, -0.25) is 9.59 Å². The fraction of sp³-hybridized carbons (Fsp3) is 0.455. The Kier molecular flexibility index (Phi) is 4.54. The van der Waals surface area contributed by atoms with Crippen LogP contribution in [0.1, 0.15) is 40.4 Å². The van der Waals surface area contributed by atoms with Gasteiger partial charge in [-0.2, -0.15) is 5.26 Å². The molecule has 0 aromatic carbocycles. The Balaban J connectivity index is 1.45. The van der Waals surface area contributed by atoms with E-state index in [0.717, 1.165) is 12.1 Å². The maximum absolute atomic E-state index is 13.5. The van der Waals surface area contributed by atoms with Crippen molar-refractivity contribution in [3.8, 4) is 6.07 Å². The number of likely N-dealkylation sites (tertiary alicyclic amines) is 1. The van der Waals surface area contributed by atoms with Crippen LogP contribution in [-0.4, -0.2) is 52.7 Å². The number of carbonyl (C=O) groups is 1. The van der Waals surface area contributed by atoms with E-state index in [1.165, 1.54) is 4.90 Å². The first-order valence-corrected chi connectivity index (χ1v) is 10.3. The molecule has 3 atom stereocenters. The monoisotopic (exact) mass is 407 g/mol. The predicted octanol–water partition coefficient (Wildman–Crippen LogP) is 1.92. The predicted molar refractivity (Wildman–Crippen MR) is 108 cm³/mol. The summed E-state index contributed by atoms with van der Waals surface area (Å²) in [6, 6.07) is 9.20. The van der Waals surface area contributed by atoms with Crippen molar-refractivity contribution in [2.75, 3.05) is 31.1 Å². The van der Waals surface area contributed by atoms with Gasteiger partial charge in [0, 0.05) is 44.0 Å². The largest absolute Gasteiger partial charge is 0.355 e. The van der Waals surface area contributed by atoms with Crippen LogP contribution in [-0.2, 0) is 6.54 Å². The van der Waals surface area contributed by atoms with Gasteiger partial charge in [0.1, 0.15) is 23.6 Å². The average molecular weight is 407 g/mol. The summed E-state index contributed by atoms with van der Waals surface area (Å²) in [6.07, 6.45) is 1.98. The molecule has 2 aromatic heterocycles. The van der Waals surface area contributed by atoms with Crippen LogP contribution in [0.25, 0.3) is 0 Å². The molecule has 154 valence electrons. The first-order valence-electron chi connectivity index (χ1n) is 10.3. The lowest BCUT2D eigenvalue weighted by Crippen LogP contribution is -2.48. The molecule has 0 radical (unpaired) electrons. The van der Waals surface area contributed by atoms with Crippen molar-refractivity contribution in [2.24, 2.45) is 5.92 Å². The highest BCUT2D eigenvalue weighted by atomic mass is 19.1. The number of hydrogen-bond acceptors (Lipinski definition) is 5. The van der Waals surface area contributed by atoms with E-state index in [1.54, 1.807) is 29.0 Å². The van der Waals surface area contributed by atoms with Crippen molar-refractivity contribution in [3.05, 3.63) is 57.6 Å². The van der Waals surface area contributed by atoms with E-state index in [9.17, 15) is 19.2 Å². The zero-order valence-corrected chi connectivity index (χ0v) is 16.5. The quantitative estimate of drug-likeness (QED) is 0.760. The van der Waals surface area contributed by atoms with Gasteiger partial charge in [0.25, 0.3) is 11.5 Å². The molecule has 0 spiro atoms. The summed E-state index contributed by atoms with van der Waals surface area (Å²) < 4.78 is 15.2. The van der Waals surface area contributed by atoms with Gasteiger partial charge in [-0.25, -0.2) is 9.37 Å². The molecule has 30 heavy (non-hydrogen) atoms. The molecule has 5 rings (SSSR count). The zero-order chi connectivity index (χ0) is 20.8. The van der Waals surface area contributed by atoms with Crippen molar-refractivity contribution >= 4 is 11.7 Å². The van der Waals surface area contributed by atoms with Gasteiger partial charge in [-0.05, 0) is 43.0 Å². The van der Waals surface area contributed by atoms with Gasteiger partial charge in [-0.1, -0.05) is 0 Å². The molecule has 2 bridgehead atoms. The van der Waals surface area contributed by atoms with E-state index in [1.807, 2.05) is 6.07 Å². The van der Waals surface area contributed by atoms with Gasteiger partial charge >= 0.3 is 0 Å². The summed E-state index contributed by atoms with van der Waals surface area (Å²) in [5, 5.41) is 9.41. The number of halogens is 1. The molecule has 2 aromatic rings. The number of fused-ring (bicyclic) bond motifs is 4. The topological polar surface area (TPSA) is 82.2 Å². The third kappa shape index (κ3) is 3.05. The number of rotatable bonds is 2. The van der Waals surface area contributed by atoms with Crippen molar-refractivity contribution in [1.29, 1.82) is 5.26 Å². The first-order chi connectivity index (χ1) is 14.5. The number of aromatic nitrogens is 2. The van der Waals surface area contributed by atoms with E-state index in [4.69, 9.17) is 0 Å². The third-order valence-electron chi connectivity index (χ3n) is 6.46. The second-order valence-corrected chi connectivity index (χ2v) is 8.41. The number of nitriles is 1. The SMILES string of the molecule is N#Cc1cccnc1N1C[C@@H]2C[C@H](C1)c1ccc(C(=O)N3CC[C@H](F)C3)c(=O)n1C2. The smallest absolute Gasteiger partial charge is 0.263 e. The highest BCUT2D eigenvalue weighted by Crippen LogP contribution is 2.37. The molecule has 0 unspecified atom stereocenters. The maximum Gasteiger partial charge on any atom is 0.263 e. The number of anilines is 1. The Morgan fingerprint density at radius 1 is 1.20 bits per heavy atom. The fourth-order valence-electron chi connectivity index (χ4n) is 5.09. The number of piperidine rings is 1. The molecule has 3 aliphatic rings. The normalized spacial score (nSPS) is 25.0. The molecule has 8 heteroatoms. The van der Waals surface area contributed by atoms with E-state index >= 15 is 0 Å². The van der Waals surface area contributed by atoms with Crippen molar-refractivity contribution in [1.82, 2.24) is 14.5 Å². The molecule has 2 fully saturated rings. The van der Waals surface area contributed by atoms with Crippen LogP contribution in [0.4, 0.5) is 10.2 Å². The van der Waals surface area contributed by atoms with Gasteiger partial charge in [0.15, 0.2) is 0 Å². The number of hydrogen-bond donors (Lipinski definition) is 0. The van der Waals surface area contributed by atoms with Crippen LogP contribution in [0, 0.1) is 17.2 Å². The van der Waals surface area contributed by atoms with Crippen LogP contribution in [0.5, 0.6) is 0 Å². The first kappa shape index (κ1) is 18.8. The molecule has 2 saturated heterocycles. The second-order valence-electron chi connectivity index (χ2n) is 8.41. The average Bonchev–Trinajstić information content (AvgIpc) is 3.20. The zero-order valence-electron chi connectivity index (χ0n) is 16.5. The summed E-state index contributed by atoms with van der Waals surface area (Å²) in [7, 11) is 0. The number of alkyl halides is 1. The summed E-state index contributed by atoms with van der Waals surface area (Å²) in [6.45, 7) is 2.33. The van der Waals surface area contributed by atoms with Crippen LogP contribution < -0.4 is 10.5 Å². The lowest BCUT2D eigenvalue weighted by Gasteiger charge is -2.43.